The van der Waals surface area contributed by atoms with Gasteiger partial charge in [0.1, 0.15) is 17.5 Å². The molecule has 6 heteroatoms. The number of nitrogens with one attached hydrogen (secondary N) is 1. The second kappa shape index (κ2) is 7.18. The van der Waals surface area contributed by atoms with Crippen molar-refractivity contribution in [2.75, 3.05) is 31.8 Å². The SMILES string of the molecule is COc1ccc(CCNc2ccnc(N)c2C#N)cc1OC. The number of pyridine rings is 1. The maximum Gasteiger partial charge on any atom is 0.160 e. The lowest BCUT2D eigenvalue weighted by molar-refractivity contribution is 0.354. The molecule has 1 heterocycles. The summed E-state index contributed by atoms with van der Waals surface area (Å²) in [6, 6.07) is 9.59. The van der Waals surface area contributed by atoms with Gasteiger partial charge in [0, 0.05) is 12.7 Å². The van der Waals surface area contributed by atoms with Crippen molar-refractivity contribution >= 4 is 11.5 Å². The van der Waals surface area contributed by atoms with Crippen molar-refractivity contribution in [1.82, 2.24) is 4.98 Å². The zero-order valence-corrected chi connectivity index (χ0v) is 12.6. The average Bonchev–Trinajstić information content (AvgIpc) is 2.55. The zero-order chi connectivity index (χ0) is 15.9. The van der Waals surface area contributed by atoms with E-state index in [-0.39, 0.29) is 5.82 Å². The summed E-state index contributed by atoms with van der Waals surface area (Å²) in [7, 11) is 3.22. The molecule has 2 aromatic rings. The Morgan fingerprint density at radius 2 is 2.00 bits per heavy atom. The van der Waals surface area contributed by atoms with Crippen LogP contribution in [0.3, 0.4) is 0 Å². The highest BCUT2D eigenvalue weighted by molar-refractivity contribution is 5.65. The number of nitrogens with two attached hydrogens (primary N) is 1. The van der Waals surface area contributed by atoms with E-state index in [9.17, 15) is 0 Å². The Balaban J connectivity index is 2.03. The summed E-state index contributed by atoms with van der Waals surface area (Å²) in [5, 5.41) is 12.3. The molecule has 114 valence electrons. The van der Waals surface area contributed by atoms with E-state index in [4.69, 9.17) is 20.5 Å². The summed E-state index contributed by atoms with van der Waals surface area (Å²) < 4.78 is 10.5. The van der Waals surface area contributed by atoms with E-state index in [1.165, 1.54) is 0 Å². The van der Waals surface area contributed by atoms with Gasteiger partial charge >= 0.3 is 0 Å². The molecule has 0 bridgehead atoms. The maximum atomic E-state index is 9.10. The van der Waals surface area contributed by atoms with Crippen LogP contribution in [0, 0.1) is 11.3 Å². The molecule has 0 amide bonds. The number of methoxy groups -OCH3 is 2. The molecule has 0 atom stereocenters. The molecule has 0 unspecified atom stereocenters. The van der Waals surface area contributed by atoms with E-state index < -0.39 is 0 Å². The first kappa shape index (κ1) is 15.4. The molecule has 0 aliphatic heterocycles. The van der Waals surface area contributed by atoms with Crippen LogP contribution in [0.5, 0.6) is 11.5 Å². The number of anilines is 2. The normalized spacial score (nSPS) is 9.86. The monoisotopic (exact) mass is 298 g/mol. The van der Waals surface area contributed by atoms with E-state index in [1.807, 2.05) is 18.2 Å². The molecule has 0 spiro atoms. The number of aromatic nitrogens is 1. The van der Waals surface area contributed by atoms with E-state index in [0.29, 0.717) is 29.3 Å². The molecule has 22 heavy (non-hydrogen) atoms. The molecule has 0 aliphatic carbocycles. The van der Waals surface area contributed by atoms with Crippen molar-refractivity contribution in [1.29, 1.82) is 5.26 Å². The summed E-state index contributed by atoms with van der Waals surface area (Å²) in [5.74, 6) is 1.64. The Morgan fingerprint density at radius 1 is 1.23 bits per heavy atom. The number of nitrogen functional groups attached to an aromatic ring is 1. The molecule has 6 nitrogen and oxygen atoms in total. The molecule has 3 N–H and O–H groups in total. The standard InChI is InChI=1S/C16H18N4O2/c1-21-14-4-3-11(9-15(14)22-2)5-7-19-13-6-8-20-16(18)12(13)10-17/h3-4,6,8-9H,5,7H2,1-2H3,(H3,18,19,20). The first-order valence-electron chi connectivity index (χ1n) is 6.79. The van der Waals surface area contributed by atoms with E-state index in [2.05, 4.69) is 16.4 Å². The lowest BCUT2D eigenvalue weighted by Crippen LogP contribution is -2.08. The molecule has 0 fully saturated rings. The van der Waals surface area contributed by atoms with Crippen LogP contribution >= 0.6 is 0 Å². The second-order valence-corrected chi connectivity index (χ2v) is 4.60. The Morgan fingerprint density at radius 3 is 2.68 bits per heavy atom. The topological polar surface area (TPSA) is 93.2 Å². The van der Waals surface area contributed by atoms with Gasteiger partial charge in [0.15, 0.2) is 11.5 Å². The third kappa shape index (κ3) is 3.38. The zero-order valence-electron chi connectivity index (χ0n) is 12.6. The molecule has 2 rings (SSSR count). The van der Waals surface area contributed by atoms with Gasteiger partial charge in [-0.3, -0.25) is 0 Å². The van der Waals surface area contributed by atoms with Crippen molar-refractivity contribution in [3.8, 4) is 17.6 Å². The van der Waals surface area contributed by atoms with E-state index in [0.717, 1.165) is 12.0 Å². The average molecular weight is 298 g/mol. The van der Waals surface area contributed by atoms with Gasteiger partial charge in [-0.15, -0.1) is 0 Å². The molecule has 1 aromatic carbocycles. The number of hydrogen-bond acceptors (Lipinski definition) is 6. The number of nitrogens with zero attached hydrogens (tertiary/aromatic N) is 2. The van der Waals surface area contributed by atoms with Crippen molar-refractivity contribution in [3.63, 3.8) is 0 Å². The van der Waals surface area contributed by atoms with Crippen LogP contribution in [-0.4, -0.2) is 25.7 Å². The number of benzene rings is 1. The molecule has 0 aliphatic rings. The fourth-order valence-electron chi connectivity index (χ4n) is 2.12. The van der Waals surface area contributed by atoms with Gasteiger partial charge in [0.05, 0.1) is 19.9 Å². The van der Waals surface area contributed by atoms with Gasteiger partial charge in [-0.25, -0.2) is 4.98 Å². The molecular weight excluding hydrogens is 280 g/mol. The molecule has 0 radical (unpaired) electrons. The van der Waals surface area contributed by atoms with Crippen LogP contribution in [0.2, 0.25) is 0 Å². The lowest BCUT2D eigenvalue weighted by atomic mass is 10.1. The first-order chi connectivity index (χ1) is 10.7. The Kier molecular flexibility index (Phi) is 5.04. The van der Waals surface area contributed by atoms with Gasteiger partial charge in [-0.1, -0.05) is 6.07 Å². The number of ether oxygens (including phenoxy) is 2. The third-order valence-electron chi connectivity index (χ3n) is 3.27. The van der Waals surface area contributed by atoms with Crippen LogP contribution in [0.25, 0.3) is 0 Å². The van der Waals surface area contributed by atoms with E-state index in [1.54, 1.807) is 26.5 Å². The van der Waals surface area contributed by atoms with Crippen LogP contribution < -0.4 is 20.5 Å². The molecule has 0 saturated carbocycles. The Bertz CT molecular complexity index is 695. The highest BCUT2D eigenvalue weighted by Crippen LogP contribution is 2.27. The minimum Gasteiger partial charge on any atom is -0.493 e. The quantitative estimate of drug-likeness (QED) is 0.849. The van der Waals surface area contributed by atoms with Crippen molar-refractivity contribution < 1.29 is 9.47 Å². The predicted molar refractivity (Wildman–Crippen MR) is 85.1 cm³/mol. The lowest BCUT2D eigenvalue weighted by Gasteiger charge is -2.11. The van der Waals surface area contributed by atoms with Gasteiger partial charge in [0.2, 0.25) is 0 Å². The largest absolute Gasteiger partial charge is 0.493 e. The van der Waals surface area contributed by atoms with Crippen molar-refractivity contribution in [2.24, 2.45) is 0 Å². The third-order valence-corrected chi connectivity index (χ3v) is 3.27. The predicted octanol–water partition coefficient (Wildman–Crippen LogP) is 2.21. The minimum atomic E-state index is 0.235. The van der Waals surface area contributed by atoms with Crippen molar-refractivity contribution in [2.45, 2.75) is 6.42 Å². The molecular formula is C16H18N4O2. The van der Waals surface area contributed by atoms with Gasteiger partial charge < -0.3 is 20.5 Å². The Hall–Kier alpha value is -2.94. The molecule has 0 saturated heterocycles. The van der Waals surface area contributed by atoms with E-state index >= 15 is 0 Å². The van der Waals surface area contributed by atoms with Crippen LogP contribution in [0.4, 0.5) is 11.5 Å². The summed E-state index contributed by atoms with van der Waals surface area (Å²) in [6.45, 7) is 0.660. The maximum absolute atomic E-state index is 9.10. The van der Waals surface area contributed by atoms with Gasteiger partial charge in [-0.2, -0.15) is 5.26 Å². The fourth-order valence-corrected chi connectivity index (χ4v) is 2.12. The van der Waals surface area contributed by atoms with Gasteiger partial charge in [-0.05, 0) is 30.2 Å². The Labute approximate surface area is 129 Å². The number of nitriles is 1. The first-order valence-corrected chi connectivity index (χ1v) is 6.79. The summed E-state index contributed by atoms with van der Waals surface area (Å²) in [5.41, 5.74) is 7.84. The number of rotatable bonds is 6. The van der Waals surface area contributed by atoms with Crippen molar-refractivity contribution in [3.05, 3.63) is 41.6 Å². The second-order valence-electron chi connectivity index (χ2n) is 4.60. The highest BCUT2D eigenvalue weighted by atomic mass is 16.5. The summed E-state index contributed by atoms with van der Waals surface area (Å²) >= 11 is 0. The summed E-state index contributed by atoms with van der Waals surface area (Å²) in [4.78, 5) is 3.90. The minimum absolute atomic E-state index is 0.235. The van der Waals surface area contributed by atoms with Crippen LogP contribution in [-0.2, 0) is 6.42 Å². The summed E-state index contributed by atoms with van der Waals surface area (Å²) in [6.07, 6.45) is 2.35. The van der Waals surface area contributed by atoms with Gasteiger partial charge in [0.25, 0.3) is 0 Å². The number of hydrogen-bond donors (Lipinski definition) is 2. The smallest absolute Gasteiger partial charge is 0.160 e. The van der Waals surface area contributed by atoms with Crippen LogP contribution in [0.15, 0.2) is 30.5 Å². The van der Waals surface area contributed by atoms with Crippen LogP contribution in [0.1, 0.15) is 11.1 Å². The fraction of sp³-hybridized carbons (Fsp3) is 0.250. The highest BCUT2D eigenvalue weighted by Gasteiger charge is 2.07. The molecule has 1 aromatic heterocycles.